The second kappa shape index (κ2) is 6.99. The number of nitrogens with two attached hydrogens (primary N) is 1. The molecule has 0 saturated carbocycles. The minimum atomic E-state index is -0.230. The van der Waals surface area contributed by atoms with Crippen LogP contribution in [-0.2, 0) is 11.2 Å². The van der Waals surface area contributed by atoms with Gasteiger partial charge >= 0.3 is 0 Å². The SMILES string of the molecule is COc1cc(CC(CN)C(=O)N(C)C)cc(OC)c1. The van der Waals surface area contributed by atoms with Crippen molar-refractivity contribution in [3.8, 4) is 11.5 Å². The van der Waals surface area contributed by atoms with Crippen LogP contribution in [0.2, 0.25) is 0 Å². The van der Waals surface area contributed by atoms with Gasteiger partial charge in [-0.2, -0.15) is 0 Å². The largest absolute Gasteiger partial charge is 0.497 e. The van der Waals surface area contributed by atoms with E-state index in [2.05, 4.69) is 0 Å². The fourth-order valence-corrected chi connectivity index (χ4v) is 1.91. The van der Waals surface area contributed by atoms with Gasteiger partial charge in [-0.25, -0.2) is 0 Å². The van der Waals surface area contributed by atoms with E-state index in [-0.39, 0.29) is 11.8 Å². The van der Waals surface area contributed by atoms with Crippen molar-refractivity contribution in [2.24, 2.45) is 11.7 Å². The number of hydrogen-bond acceptors (Lipinski definition) is 4. The molecule has 1 rings (SSSR count). The Labute approximate surface area is 114 Å². The molecule has 0 radical (unpaired) electrons. The number of ether oxygens (including phenoxy) is 2. The van der Waals surface area contributed by atoms with Crippen molar-refractivity contribution < 1.29 is 14.3 Å². The van der Waals surface area contributed by atoms with Crippen molar-refractivity contribution in [1.29, 1.82) is 0 Å². The summed E-state index contributed by atoms with van der Waals surface area (Å²) in [5.41, 5.74) is 6.66. The molecule has 5 heteroatoms. The summed E-state index contributed by atoms with van der Waals surface area (Å²) < 4.78 is 10.4. The molecule has 0 aromatic heterocycles. The third-order valence-electron chi connectivity index (χ3n) is 2.97. The van der Waals surface area contributed by atoms with Gasteiger partial charge < -0.3 is 20.1 Å². The zero-order valence-corrected chi connectivity index (χ0v) is 12.0. The first-order valence-electron chi connectivity index (χ1n) is 6.15. The Morgan fingerprint density at radius 1 is 1.21 bits per heavy atom. The Kier molecular flexibility index (Phi) is 5.63. The average Bonchev–Trinajstić information content (AvgIpc) is 2.43. The second-order valence-corrected chi connectivity index (χ2v) is 4.59. The minimum absolute atomic E-state index is 0.0317. The zero-order chi connectivity index (χ0) is 14.4. The number of benzene rings is 1. The molecule has 0 bridgehead atoms. The van der Waals surface area contributed by atoms with Crippen LogP contribution in [0, 0.1) is 5.92 Å². The highest BCUT2D eigenvalue weighted by Crippen LogP contribution is 2.24. The van der Waals surface area contributed by atoms with Gasteiger partial charge in [0.05, 0.1) is 20.1 Å². The molecule has 1 amide bonds. The number of methoxy groups -OCH3 is 2. The Hall–Kier alpha value is -1.75. The highest BCUT2D eigenvalue weighted by atomic mass is 16.5. The summed E-state index contributed by atoms with van der Waals surface area (Å²) in [6, 6.07) is 5.59. The smallest absolute Gasteiger partial charge is 0.226 e. The van der Waals surface area contributed by atoms with Crippen LogP contribution < -0.4 is 15.2 Å². The monoisotopic (exact) mass is 266 g/mol. The molecule has 0 aliphatic heterocycles. The highest BCUT2D eigenvalue weighted by Gasteiger charge is 2.19. The predicted molar refractivity (Wildman–Crippen MR) is 74.5 cm³/mol. The van der Waals surface area contributed by atoms with Crippen LogP contribution in [0.3, 0.4) is 0 Å². The summed E-state index contributed by atoms with van der Waals surface area (Å²) in [4.78, 5) is 13.5. The molecule has 0 aliphatic carbocycles. The second-order valence-electron chi connectivity index (χ2n) is 4.59. The van der Waals surface area contributed by atoms with Crippen molar-refractivity contribution in [2.45, 2.75) is 6.42 Å². The third kappa shape index (κ3) is 4.13. The highest BCUT2D eigenvalue weighted by molar-refractivity contribution is 5.78. The number of nitrogens with zero attached hydrogens (tertiary/aromatic N) is 1. The van der Waals surface area contributed by atoms with Crippen molar-refractivity contribution in [1.82, 2.24) is 4.90 Å². The van der Waals surface area contributed by atoms with E-state index in [0.717, 1.165) is 5.56 Å². The molecule has 0 heterocycles. The number of hydrogen-bond donors (Lipinski definition) is 1. The van der Waals surface area contributed by atoms with Crippen molar-refractivity contribution in [3.63, 3.8) is 0 Å². The Morgan fingerprint density at radius 3 is 2.11 bits per heavy atom. The lowest BCUT2D eigenvalue weighted by Crippen LogP contribution is -2.35. The lowest BCUT2D eigenvalue weighted by atomic mass is 9.98. The molecule has 1 unspecified atom stereocenters. The minimum Gasteiger partial charge on any atom is -0.497 e. The molecule has 1 aromatic rings. The van der Waals surface area contributed by atoms with E-state index in [0.29, 0.717) is 24.5 Å². The van der Waals surface area contributed by atoms with E-state index >= 15 is 0 Å². The predicted octanol–water partition coefficient (Wildman–Crippen LogP) is 0.909. The van der Waals surface area contributed by atoms with Gasteiger partial charge in [0.25, 0.3) is 0 Å². The van der Waals surface area contributed by atoms with Crippen LogP contribution in [0.4, 0.5) is 0 Å². The Balaban J connectivity index is 2.93. The van der Waals surface area contributed by atoms with Gasteiger partial charge in [-0.3, -0.25) is 4.79 Å². The van der Waals surface area contributed by atoms with Crippen LogP contribution >= 0.6 is 0 Å². The van der Waals surface area contributed by atoms with E-state index < -0.39 is 0 Å². The van der Waals surface area contributed by atoms with Gasteiger partial charge in [-0.05, 0) is 24.1 Å². The summed E-state index contributed by atoms with van der Waals surface area (Å²) in [5.74, 6) is 1.22. The van der Waals surface area contributed by atoms with Crippen LogP contribution in [0.5, 0.6) is 11.5 Å². The van der Waals surface area contributed by atoms with Gasteiger partial charge in [0.15, 0.2) is 0 Å². The quantitative estimate of drug-likeness (QED) is 0.831. The molecular formula is C14H22N2O3. The molecule has 19 heavy (non-hydrogen) atoms. The topological polar surface area (TPSA) is 64.8 Å². The molecular weight excluding hydrogens is 244 g/mol. The molecule has 0 spiro atoms. The van der Waals surface area contributed by atoms with Gasteiger partial charge in [-0.15, -0.1) is 0 Å². The van der Waals surface area contributed by atoms with Crippen molar-refractivity contribution >= 4 is 5.91 Å². The van der Waals surface area contributed by atoms with E-state index in [1.807, 2.05) is 12.1 Å². The Bertz CT molecular complexity index is 410. The van der Waals surface area contributed by atoms with Crippen molar-refractivity contribution in [2.75, 3.05) is 34.9 Å². The summed E-state index contributed by atoms with van der Waals surface area (Å²) in [5, 5.41) is 0. The summed E-state index contributed by atoms with van der Waals surface area (Å²) in [6.45, 7) is 0.316. The van der Waals surface area contributed by atoms with E-state index in [4.69, 9.17) is 15.2 Å². The van der Waals surface area contributed by atoms with Crippen LogP contribution in [0.25, 0.3) is 0 Å². The van der Waals surface area contributed by atoms with Gasteiger partial charge in [0, 0.05) is 26.7 Å². The lowest BCUT2D eigenvalue weighted by Gasteiger charge is -2.19. The van der Waals surface area contributed by atoms with E-state index in [1.165, 1.54) is 0 Å². The standard InChI is InChI=1S/C14H22N2O3/c1-16(2)14(17)11(9-15)5-10-6-12(18-3)8-13(7-10)19-4/h6-8,11H,5,9,15H2,1-4H3. The third-order valence-corrected chi connectivity index (χ3v) is 2.97. The number of amides is 1. The first-order chi connectivity index (χ1) is 9.01. The molecule has 0 aliphatic rings. The van der Waals surface area contributed by atoms with E-state index in [9.17, 15) is 4.79 Å². The van der Waals surface area contributed by atoms with Crippen LogP contribution in [-0.4, -0.2) is 45.7 Å². The molecule has 5 nitrogen and oxygen atoms in total. The van der Waals surface area contributed by atoms with Gasteiger partial charge in [0.1, 0.15) is 11.5 Å². The number of carbonyl (C=O) groups is 1. The molecule has 0 saturated heterocycles. The maximum Gasteiger partial charge on any atom is 0.226 e. The molecule has 106 valence electrons. The van der Waals surface area contributed by atoms with Gasteiger partial charge in [-0.1, -0.05) is 0 Å². The molecule has 2 N–H and O–H groups in total. The fourth-order valence-electron chi connectivity index (χ4n) is 1.91. The van der Waals surface area contributed by atoms with Crippen molar-refractivity contribution in [3.05, 3.63) is 23.8 Å². The zero-order valence-electron chi connectivity index (χ0n) is 12.0. The summed E-state index contributed by atoms with van der Waals surface area (Å²) in [7, 11) is 6.67. The van der Waals surface area contributed by atoms with Crippen LogP contribution in [0.1, 0.15) is 5.56 Å². The number of carbonyl (C=O) groups excluding carboxylic acids is 1. The first kappa shape index (κ1) is 15.3. The normalized spacial score (nSPS) is 11.8. The fraction of sp³-hybridized carbons (Fsp3) is 0.500. The molecule has 0 fully saturated rings. The van der Waals surface area contributed by atoms with E-state index in [1.54, 1.807) is 39.3 Å². The summed E-state index contributed by atoms with van der Waals surface area (Å²) in [6.07, 6.45) is 0.571. The Morgan fingerprint density at radius 2 is 1.74 bits per heavy atom. The average molecular weight is 266 g/mol. The molecule has 1 atom stereocenters. The van der Waals surface area contributed by atoms with Crippen LogP contribution in [0.15, 0.2) is 18.2 Å². The maximum absolute atomic E-state index is 12.0. The first-order valence-corrected chi connectivity index (χ1v) is 6.15. The van der Waals surface area contributed by atoms with Gasteiger partial charge in [0.2, 0.25) is 5.91 Å². The maximum atomic E-state index is 12.0. The lowest BCUT2D eigenvalue weighted by molar-refractivity contribution is -0.132. The summed E-state index contributed by atoms with van der Waals surface area (Å²) >= 11 is 0. The number of rotatable bonds is 6. The molecule has 1 aromatic carbocycles.